The number of ether oxygens (including phenoxy) is 1. The molecule has 128 valence electrons. The minimum atomic E-state index is -0.427. The second kappa shape index (κ2) is 8.94. The van der Waals surface area contributed by atoms with Crippen LogP contribution in [0.15, 0.2) is 41.3 Å². The van der Waals surface area contributed by atoms with Crippen LogP contribution in [0.5, 0.6) is 0 Å². The van der Waals surface area contributed by atoms with Crippen molar-refractivity contribution in [3.63, 3.8) is 0 Å². The predicted molar refractivity (Wildman–Crippen MR) is 98.5 cm³/mol. The number of amides is 1. The monoisotopic (exact) mass is 365 g/mol. The quantitative estimate of drug-likeness (QED) is 0.597. The summed E-state index contributed by atoms with van der Waals surface area (Å²) in [5.74, 6) is -0.225. The molecule has 2 aromatic rings. The number of carbonyl (C=O) groups is 2. The first-order valence-corrected chi connectivity index (χ1v) is 9.06. The van der Waals surface area contributed by atoms with Gasteiger partial charge in [0.05, 0.1) is 5.75 Å². The molecule has 0 spiro atoms. The normalized spacial score (nSPS) is 10.8. The van der Waals surface area contributed by atoms with Crippen molar-refractivity contribution in [1.29, 1.82) is 0 Å². The van der Waals surface area contributed by atoms with E-state index in [0.717, 1.165) is 15.7 Å². The van der Waals surface area contributed by atoms with Gasteiger partial charge in [-0.2, -0.15) is 0 Å². The van der Waals surface area contributed by atoms with Gasteiger partial charge in [0.2, 0.25) is 0 Å². The Bertz CT molecular complexity index is 728. The third-order valence-corrected chi connectivity index (χ3v) is 4.58. The van der Waals surface area contributed by atoms with Crippen molar-refractivity contribution in [2.75, 3.05) is 18.9 Å². The number of hydrogen-bond donors (Lipinski definition) is 1. The summed E-state index contributed by atoms with van der Waals surface area (Å²) in [6.45, 7) is 4.32. The van der Waals surface area contributed by atoms with E-state index in [9.17, 15) is 9.59 Å². The van der Waals surface area contributed by atoms with E-state index in [-0.39, 0.29) is 18.3 Å². The Balaban J connectivity index is 1.87. The van der Waals surface area contributed by atoms with Crippen LogP contribution < -0.4 is 5.32 Å². The van der Waals surface area contributed by atoms with E-state index in [1.54, 1.807) is 0 Å². The van der Waals surface area contributed by atoms with E-state index in [1.165, 1.54) is 11.8 Å². The van der Waals surface area contributed by atoms with E-state index in [2.05, 4.69) is 5.32 Å². The van der Waals surface area contributed by atoms with Crippen molar-refractivity contribution in [3.05, 3.63) is 41.4 Å². The number of rotatable bonds is 7. The Labute approximate surface area is 150 Å². The number of fused-ring (bicyclic) bond motifs is 1. The summed E-state index contributed by atoms with van der Waals surface area (Å²) in [6.07, 6.45) is 0. The van der Waals surface area contributed by atoms with E-state index < -0.39 is 5.97 Å². The number of halogens is 1. The molecule has 0 bridgehead atoms. The third kappa shape index (κ3) is 5.42. The van der Waals surface area contributed by atoms with Crippen LogP contribution in [-0.4, -0.2) is 30.8 Å². The number of esters is 1. The van der Waals surface area contributed by atoms with Gasteiger partial charge >= 0.3 is 5.97 Å². The lowest BCUT2D eigenvalue weighted by atomic mass is 10.1. The number of nitrogens with one attached hydrogen (secondary N) is 1. The number of thioether (sulfide) groups is 1. The SMILES string of the molecule is CC(C)CNC(=O)COC(=O)CSc1cccc2cccc(Cl)c12. The molecule has 0 aliphatic carbocycles. The summed E-state index contributed by atoms with van der Waals surface area (Å²) >= 11 is 7.61. The molecule has 24 heavy (non-hydrogen) atoms. The summed E-state index contributed by atoms with van der Waals surface area (Å²) in [5, 5.41) is 5.30. The zero-order chi connectivity index (χ0) is 17.5. The zero-order valence-corrected chi connectivity index (χ0v) is 15.2. The number of carbonyl (C=O) groups excluding carboxylic acids is 2. The molecule has 0 saturated heterocycles. The summed E-state index contributed by atoms with van der Waals surface area (Å²) in [6, 6.07) is 11.5. The molecule has 0 unspecified atom stereocenters. The summed E-state index contributed by atoms with van der Waals surface area (Å²) in [5.41, 5.74) is 0. The average molecular weight is 366 g/mol. The third-order valence-electron chi connectivity index (χ3n) is 3.23. The van der Waals surface area contributed by atoms with E-state index in [0.29, 0.717) is 17.5 Å². The molecule has 4 nitrogen and oxygen atoms in total. The lowest BCUT2D eigenvalue weighted by molar-refractivity contribution is -0.145. The molecule has 0 aliphatic heterocycles. The molecule has 0 saturated carbocycles. The summed E-state index contributed by atoms with van der Waals surface area (Å²) in [4.78, 5) is 24.3. The van der Waals surface area contributed by atoms with Crippen molar-refractivity contribution < 1.29 is 14.3 Å². The van der Waals surface area contributed by atoms with Gasteiger partial charge in [-0.3, -0.25) is 9.59 Å². The van der Waals surface area contributed by atoms with Gasteiger partial charge in [-0.1, -0.05) is 49.7 Å². The Kier molecular flexibility index (Phi) is 6.94. The Morgan fingerprint density at radius 3 is 2.62 bits per heavy atom. The topological polar surface area (TPSA) is 55.4 Å². The average Bonchev–Trinajstić information content (AvgIpc) is 2.56. The van der Waals surface area contributed by atoms with Gasteiger partial charge in [0, 0.05) is 21.8 Å². The predicted octanol–water partition coefficient (Wildman–Crippen LogP) is 3.90. The lowest BCUT2D eigenvalue weighted by Crippen LogP contribution is -2.31. The molecular formula is C18H20ClNO3S. The van der Waals surface area contributed by atoms with Gasteiger partial charge in [-0.15, -0.1) is 11.8 Å². The lowest BCUT2D eigenvalue weighted by Gasteiger charge is -2.09. The molecule has 0 atom stereocenters. The molecule has 0 radical (unpaired) electrons. The van der Waals surface area contributed by atoms with Crippen LogP contribution in [0.1, 0.15) is 13.8 Å². The minimum Gasteiger partial charge on any atom is -0.455 e. The van der Waals surface area contributed by atoms with Gasteiger partial charge in [0.15, 0.2) is 6.61 Å². The molecule has 6 heteroatoms. The van der Waals surface area contributed by atoms with Crippen molar-refractivity contribution in [2.45, 2.75) is 18.7 Å². The number of hydrogen-bond acceptors (Lipinski definition) is 4. The fourth-order valence-corrected chi connectivity index (χ4v) is 3.32. The van der Waals surface area contributed by atoms with Crippen LogP contribution in [0.2, 0.25) is 5.02 Å². The summed E-state index contributed by atoms with van der Waals surface area (Å²) in [7, 11) is 0. The molecule has 1 amide bonds. The van der Waals surface area contributed by atoms with Crippen molar-refractivity contribution in [2.24, 2.45) is 5.92 Å². The maximum Gasteiger partial charge on any atom is 0.316 e. The molecule has 0 fully saturated rings. The fourth-order valence-electron chi connectivity index (χ4n) is 2.08. The largest absolute Gasteiger partial charge is 0.455 e. The summed E-state index contributed by atoms with van der Waals surface area (Å²) < 4.78 is 5.00. The van der Waals surface area contributed by atoms with Gasteiger partial charge in [0.25, 0.3) is 5.91 Å². The van der Waals surface area contributed by atoms with Crippen LogP contribution in [0, 0.1) is 5.92 Å². The van der Waals surface area contributed by atoms with E-state index >= 15 is 0 Å². The first kappa shape index (κ1) is 18.6. The smallest absolute Gasteiger partial charge is 0.316 e. The highest BCUT2D eigenvalue weighted by Gasteiger charge is 2.11. The van der Waals surface area contributed by atoms with Crippen LogP contribution in [0.25, 0.3) is 10.8 Å². The maximum atomic E-state index is 11.8. The van der Waals surface area contributed by atoms with Crippen LogP contribution in [-0.2, 0) is 14.3 Å². The Morgan fingerprint density at radius 2 is 1.92 bits per heavy atom. The van der Waals surface area contributed by atoms with Gasteiger partial charge < -0.3 is 10.1 Å². The first-order chi connectivity index (χ1) is 11.5. The molecule has 0 heterocycles. The molecule has 2 rings (SSSR count). The van der Waals surface area contributed by atoms with Crippen LogP contribution in [0.3, 0.4) is 0 Å². The molecule has 2 aromatic carbocycles. The Morgan fingerprint density at radius 1 is 1.21 bits per heavy atom. The van der Waals surface area contributed by atoms with Gasteiger partial charge in [-0.05, 0) is 23.4 Å². The van der Waals surface area contributed by atoms with Crippen LogP contribution >= 0.6 is 23.4 Å². The van der Waals surface area contributed by atoms with E-state index in [4.69, 9.17) is 16.3 Å². The highest BCUT2D eigenvalue weighted by Crippen LogP contribution is 2.33. The minimum absolute atomic E-state index is 0.127. The van der Waals surface area contributed by atoms with Crippen molar-refractivity contribution in [1.82, 2.24) is 5.32 Å². The van der Waals surface area contributed by atoms with Crippen LogP contribution in [0.4, 0.5) is 0 Å². The van der Waals surface area contributed by atoms with Crippen molar-refractivity contribution >= 4 is 46.0 Å². The highest BCUT2D eigenvalue weighted by molar-refractivity contribution is 8.00. The van der Waals surface area contributed by atoms with Gasteiger partial charge in [-0.25, -0.2) is 0 Å². The van der Waals surface area contributed by atoms with Gasteiger partial charge in [0.1, 0.15) is 0 Å². The zero-order valence-electron chi connectivity index (χ0n) is 13.7. The molecule has 1 N–H and O–H groups in total. The fraction of sp³-hybridized carbons (Fsp3) is 0.333. The standard InChI is InChI=1S/C18H20ClNO3S/c1-12(2)9-20-16(21)10-23-17(22)11-24-15-8-4-6-13-5-3-7-14(19)18(13)15/h3-8,12H,9-11H2,1-2H3,(H,20,21). The van der Waals surface area contributed by atoms with E-state index in [1.807, 2.05) is 50.2 Å². The highest BCUT2D eigenvalue weighted by atomic mass is 35.5. The molecule has 0 aliphatic rings. The van der Waals surface area contributed by atoms with Crippen molar-refractivity contribution in [3.8, 4) is 0 Å². The molecule has 0 aromatic heterocycles. The Hall–Kier alpha value is -1.72. The maximum absolute atomic E-state index is 11.8. The second-order valence-electron chi connectivity index (χ2n) is 5.74. The number of benzene rings is 2. The molecular weight excluding hydrogens is 346 g/mol. The second-order valence-corrected chi connectivity index (χ2v) is 7.17. The first-order valence-electron chi connectivity index (χ1n) is 7.69.